The smallest absolute Gasteiger partial charge is 0.230 e. The molecule has 0 aliphatic carbocycles. The number of aromatic nitrogens is 3. The average Bonchev–Trinajstić information content (AvgIpc) is 2.84. The lowest BCUT2D eigenvalue weighted by Gasteiger charge is -2.00. The van der Waals surface area contributed by atoms with E-state index in [9.17, 15) is 4.79 Å². The fourth-order valence-corrected chi connectivity index (χ4v) is 1.94. The molecule has 0 atom stereocenters. The average molecular weight is 221 g/mol. The van der Waals surface area contributed by atoms with E-state index in [0.29, 0.717) is 17.9 Å². The normalized spacial score (nSPS) is 10.5. The summed E-state index contributed by atoms with van der Waals surface area (Å²) in [5.41, 5.74) is 1.96. The Balaban J connectivity index is 2.41. The largest absolute Gasteiger partial charge is 0.285 e. The van der Waals surface area contributed by atoms with Crippen molar-refractivity contribution in [3.8, 4) is 0 Å². The van der Waals surface area contributed by atoms with Gasteiger partial charge in [0, 0.05) is 11.9 Å². The van der Waals surface area contributed by atoms with E-state index in [0.717, 1.165) is 5.69 Å². The van der Waals surface area contributed by atoms with Gasteiger partial charge in [-0.05, 0) is 37.5 Å². The molecule has 0 N–H and O–H groups in total. The van der Waals surface area contributed by atoms with Crippen LogP contribution in [0, 0.1) is 6.92 Å². The van der Waals surface area contributed by atoms with E-state index in [4.69, 9.17) is 0 Å². The number of ketones is 1. The molecule has 2 aromatic rings. The van der Waals surface area contributed by atoms with Crippen LogP contribution in [-0.2, 0) is 6.54 Å². The molecule has 2 rings (SSSR count). The summed E-state index contributed by atoms with van der Waals surface area (Å²) in [7, 11) is 0. The van der Waals surface area contributed by atoms with Crippen LogP contribution in [0.5, 0.6) is 0 Å². The van der Waals surface area contributed by atoms with Gasteiger partial charge in [0.15, 0.2) is 0 Å². The van der Waals surface area contributed by atoms with E-state index in [1.807, 2.05) is 13.8 Å². The van der Waals surface area contributed by atoms with Crippen molar-refractivity contribution in [1.29, 1.82) is 0 Å². The molecule has 2 aromatic heterocycles. The van der Waals surface area contributed by atoms with Crippen LogP contribution in [0.3, 0.4) is 0 Å². The molecule has 0 aliphatic rings. The predicted molar refractivity (Wildman–Crippen MR) is 58.2 cm³/mol. The second kappa shape index (κ2) is 3.94. The van der Waals surface area contributed by atoms with E-state index >= 15 is 0 Å². The van der Waals surface area contributed by atoms with Crippen molar-refractivity contribution in [1.82, 2.24) is 14.2 Å². The van der Waals surface area contributed by atoms with E-state index in [-0.39, 0.29) is 5.78 Å². The summed E-state index contributed by atoms with van der Waals surface area (Å²) in [4.78, 5) is 12.0. The molecule has 0 unspecified atom stereocenters. The van der Waals surface area contributed by atoms with Crippen LogP contribution in [0.1, 0.15) is 28.8 Å². The lowest BCUT2D eigenvalue weighted by Crippen LogP contribution is -2.10. The van der Waals surface area contributed by atoms with Gasteiger partial charge in [-0.25, -0.2) is 0 Å². The Kier molecular flexibility index (Phi) is 2.64. The Morgan fingerprint density at radius 3 is 3.00 bits per heavy atom. The number of aryl methyl sites for hydroxylation is 2. The van der Waals surface area contributed by atoms with Crippen molar-refractivity contribution in [2.45, 2.75) is 20.4 Å². The number of carbonyl (C=O) groups excluding carboxylic acids is 1. The first-order valence-electron chi connectivity index (χ1n) is 4.72. The van der Waals surface area contributed by atoms with Gasteiger partial charge >= 0.3 is 0 Å². The van der Waals surface area contributed by atoms with Gasteiger partial charge in [-0.15, -0.1) is 0 Å². The van der Waals surface area contributed by atoms with Crippen molar-refractivity contribution in [2.75, 3.05) is 0 Å². The molecule has 4 nitrogen and oxygen atoms in total. The monoisotopic (exact) mass is 221 g/mol. The SMILES string of the molecule is CCn1nc(C)cc1C(=O)c1ccsn1. The van der Waals surface area contributed by atoms with Crippen molar-refractivity contribution >= 4 is 17.3 Å². The van der Waals surface area contributed by atoms with Gasteiger partial charge in [0.2, 0.25) is 5.78 Å². The lowest BCUT2D eigenvalue weighted by atomic mass is 10.2. The van der Waals surface area contributed by atoms with Gasteiger partial charge in [-0.3, -0.25) is 9.48 Å². The molecule has 78 valence electrons. The highest BCUT2D eigenvalue weighted by Gasteiger charge is 2.16. The Morgan fingerprint density at radius 1 is 1.60 bits per heavy atom. The molecule has 5 heteroatoms. The zero-order chi connectivity index (χ0) is 10.8. The van der Waals surface area contributed by atoms with Crippen LogP contribution in [0.2, 0.25) is 0 Å². The summed E-state index contributed by atoms with van der Waals surface area (Å²) >= 11 is 1.28. The van der Waals surface area contributed by atoms with Crippen molar-refractivity contribution in [3.05, 3.63) is 34.6 Å². The summed E-state index contributed by atoms with van der Waals surface area (Å²) < 4.78 is 5.73. The van der Waals surface area contributed by atoms with E-state index in [2.05, 4.69) is 9.47 Å². The quantitative estimate of drug-likeness (QED) is 0.744. The van der Waals surface area contributed by atoms with Gasteiger partial charge < -0.3 is 0 Å². The number of rotatable bonds is 3. The molecule has 0 amide bonds. The fourth-order valence-electron chi connectivity index (χ4n) is 1.43. The third-order valence-corrected chi connectivity index (χ3v) is 2.66. The first-order chi connectivity index (χ1) is 7.22. The summed E-state index contributed by atoms with van der Waals surface area (Å²) in [5, 5.41) is 6.03. The fraction of sp³-hybridized carbons (Fsp3) is 0.300. The van der Waals surface area contributed by atoms with Crippen molar-refractivity contribution < 1.29 is 4.79 Å². The first kappa shape index (κ1) is 10.0. The standard InChI is InChI=1S/C10H11N3OS/c1-3-13-9(6-7(2)11-13)10(14)8-4-5-15-12-8/h4-6H,3H2,1-2H3. The number of hydrogen-bond acceptors (Lipinski definition) is 4. The number of hydrogen-bond donors (Lipinski definition) is 0. The minimum atomic E-state index is -0.0568. The van der Waals surface area contributed by atoms with Gasteiger partial charge in [0.1, 0.15) is 11.4 Å². The Labute approximate surface area is 91.7 Å². The highest BCUT2D eigenvalue weighted by atomic mass is 32.1. The van der Waals surface area contributed by atoms with Crippen LogP contribution in [0.25, 0.3) is 0 Å². The van der Waals surface area contributed by atoms with Crippen molar-refractivity contribution in [3.63, 3.8) is 0 Å². The molecule has 0 fully saturated rings. The summed E-state index contributed by atoms with van der Waals surface area (Å²) in [6.07, 6.45) is 0. The Hall–Kier alpha value is -1.49. The number of nitrogens with zero attached hydrogens (tertiary/aromatic N) is 3. The van der Waals surface area contributed by atoms with E-state index in [1.54, 1.807) is 22.2 Å². The van der Waals surface area contributed by atoms with Crippen LogP contribution >= 0.6 is 11.5 Å². The maximum Gasteiger partial charge on any atom is 0.230 e. The molecule has 0 bridgehead atoms. The predicted octanol–water partition coefficient (Wildman–Crippen LogP) is 1.90. The van der Waals surface area contributed by atoms with E-state index < -0.39 is 0 Å². The molecular formula is C10H11N3OS. The second-order valence-electron chi connectivity index (χ2n) is 3.20. The highest BCUT2D eigenvalue weighted by Crippen LogP contribution is 2.11. The number of carbonyl (C=O) groups is 1. The van der Waals surface area contributed by atoms with E-state index in [1.165, 1.54) is 11.5 Å². The zero-order valence-electron chi connectivity index (χ0n) is 8.60. The van der Waals surface area contributed by atoms with Crippen LogP contribution in [0.15, 0.2) is 17.5 Å². The second-order valence-corrected chi connectivity index (χ2v) is 3.87. The highest BCUT2D eigenvalue weighted by molar-refractivity contribution is 7.03. The summed E-state index contributed by atoms with van der Waals surface area (Å²) in [6.45, 7) is 4.54. The molecule has 0 radical (unpaired) electrons. The Morgan fingerprint density at radius 2 is 2.40 bits per heavy atom. The van der Waals surface area contributed by atoms with Crippen LogP contribution < -0.4 is 0 Å². The molecule has 0 aromatic carbocycles. The summed E-state index contributed by atoms with van der Waals surface area (Å²) in [5.74, 6) is -0.0568. The molecule has 2 heterocycles. The van der Waals surface area contributed by atoms with Gasteiger partial charge in [0.05, 0.1) is 5.69 Å². The minimum absolute atomic E-state index is 0.0568. The molecule has 0 aliphatic heterocycles. The maximum atomic E-state index is 12.0. The van der Waals surface area contributed by atoms with Crippen LogP contribution in [-0.4, -0.2) is 19.9 Å². The van der Waals surface area contributed by atoms with Crippen LogP contribution in [0.4, 0.5) is 0 Å². The van der Waals surface area contributed by atoms with Gasteiger partial charge in [-0.1, -0.05) is 0 Å². The molecule has 0 spiro atoms. The Bertz CT molecular complexity index is 473. The lowest BCUT2D eigenvalue weighted by molar-refractivity contribution is 0.102. The van der Waals surface area contributed by atoms with Gasteiger partial charge in [-0.2, -0.15) is 9.47 Å². The van der Waals surface area contributed by atoms with Crippen molar-refractivity contribution in [2.24, 2.45) is 0 Å². The minimum Gasteiger partial charge on any atom is -0.285 e. The zero-order valence-corrected chi connectivity index (χ0v) is 9.41. The molecular weight excluding hydrogens is 210 g/mol. The molecule has 0 saturated carbocycles. The topological polar surface area (TPSA) is 47.8 Å². The third kappa shape index (κ3) is 1.83. The maximum absolute atomic E-state index is 12.0. The molecule has 15 heavy (non-hydrogen) atoms. The summed E-state index contributed by atoms with van der Waals surface area (Å²) in [6, 6.07) is 3.53. The third-order valence-electron chi connectivity index (χ3n) is 2.10. The molecule has 0 saturated heterocycles. The van der Waals surface area contributed by atoms with Gasteiger partial charge in [0.25, 0.3) is 0 Å². The first-order valence-corrected chi connectivity index (χ1v) is 5.55.